The van der Waals surface area contributed by atoms with Crippen molar-refractivity contribution in [1.82, 2.24) is 0 Å². The van der Waals surface area contributed by atoms with E-state index in [1.807, 2.05) is 0 Å². The van der Waals surface area contributed by atoms with Gasteiger partial charge in [0, 0.05) is 0 Å². The van der Waals surface area contributed by atoms with Crippen LogP contribution in [0.2, 0.25) is 0 Å². The van der Waals surface area contributed by atoms with Crippen molar-refractivity contribution < 1.29 is 0 Å². The van der Waals surface area contributed by atoms with E-state index in [4.69, 9.17) is 0 Å². The van der Waals surface area contributed by atoms with Gasteiger partial charge in [0.1, 0.15) is 0 Å². The zero-order valence-corrected chi connectivity index (χ0v) is 9.72. The van der Waals surface area contributed by atoms with Gasteiger partial charge in [-0.15, -0.1) is 0 Å². The summed E-state index contributed by atoms with van der Waals surface area (Å²) in [7, 11) is 0. The van der Waals surface area contributed by atoms with E-state index in [0.717, 1.165) is 6.42 Å². The topological polar surface area (TPSA) is 0 Å². The predicted octanol–water partition coefficient (Wildman–Crippen LogP) is 4.06. The SMILES string of the molecule is C=C(C)Cc1ccc2c3c(cccc13)CC2. The van der Waals surface area contributed by atoms with Gasteiger partial charge in [-0.25, -0.2) is 0 Å². The van der Waals surface area contributed by atoms with Crippen molar-refractivity contribution in [2.24, 2.45) is 0 Å². The van der Waals surface area contributed by atoms with Crippen LogP contribution in [0.3, 0.4) is 0 Å². The lowest BCUT2D eigenvalue weighted by Crippen LogP contribution is -1.89. The number of hydrogen-bond donors (Lipinski definition) is 0. The van der Waals surface area contributed by atoms with E-state index in [9.17, 15) is 0 Å². The lowest BCUT2D eigenvalue weighted by molar-refractivity contribution is 1.02. The van der Waals surface area contributed by atoms with Crippen molar-refractivity contribution >= 4 is 10.8 Å². The van der Waals surface area contributed by atoms with Crippen molar-refractivity contribution in [3.63, 3.8) is 0 Å². The summed E-state index contributed by atoms with van der Waals surface area (Å²) >= 11 is 0. The molecular formula is C16H16. The molecule has 0 heterocycles. The third-order valence-electron chi connectivity index (χ3n) is 3.46. The van der Waals surface area contributed by atoms with Crippen LogP contribution in [0, 0.1) is 0 Å². The second-order valence-corrected chi connectivity index (χ2v) is 4.86. The van der Waals surface area contributed by atoms with Gasteiger partial charge in [-0.1, -0.05) is 42.5 Å². The molecule has 16 heavy (non-hydrogen) atoms. The van der Waals surface area contributed by atoms with Crippen LogP contribution in [-0.4, -0.2) is 0 Å². The van der Waals surface area contributed by atoms with Crippen LogP contribution in [0.5, 0.6) is 0 Å². The van der Waals surface area contributed by atoms with E-state index in [2.05, 4.69) is 43.8 Å². The molecule has 0 unspecified atom stereocenters. The van der Waals surface area contributed by atoms with Crippen molar-refractivity contribution in [2.45, 2.75) is 26.2 Å². The van der Waals surface area contributed by atoms with E-state index in [0.29, 0.717) is 0 Å². The van der Waals surface area contributed by atoms with Gasteiger partial charge in [0.05, 0.1) is 0 Å². The summed E-state index contributed by atoms with van der Waals surface area (Å²) in [5.74, 6) is 0. The maximum absolute atomic E-state index is 4.02. The number of hydrogen-bond acceptors (Lipinski definition) is 0. The Balaban J connectivity index is 2.29. The van der Waals surface area contributed by atoms with Crippen LogP contribution in [0.4, 0.5) is 0 Å². The molecule has 3 rings (SSSR count). The standard InChI is InChI=1S/C16H16/c1-11(2)10-14-9-8-13-7-6-12-4-3-5-15(14)16(12)13/h3-5,8-9H,1,6-7,10H2,2H3. The normalized spacial score (nSPS) is 13.3. The lowest BCUT2D eigenvalue weighted by atomic mass is 9.96. The fraction of sp³-hybridized carbons (Fsp3) is 0.250. The molecule has 0 atom stereocenters. The van der Waals surface area contributed by atoms with Gasteiger partial charge in [0.2, 0.25) is 0 Å². The fourth-order valence-corrected chi connectivity index (χ4v) is 2.79. The van der Waals surface area contributed by atoms with Crippen LogP contribution in [-0.2, 0) is 19.3 Å². The van der Waals surface area contributed by atoms with Gasteiger partial charge in [-0.3, -0.25) is 0 Å². The maximum atomic E-state index is 4.02. The van der Waals surface area contributed by atoms with Crippen molar-refractivity contribution in [3.05, 3.63) is 59.2 Å². The minimum Gasteiger partial charge on any atom is -0.0998 e. The van der Waals surface area contributed by atoms with Gasteiger partial charge in [0.15, 0.2) is 0 Å². The Kier molecular flexibility index (Phi) is 2.10. The second kappa shape index (κ2) is 3.48. The molecular weight excluding hydrogens is 192 g/mol. The molecule has 0 bridgehead atoms. The summed E-state index contributed by atoms with van der Waals surface area (Å²) in [5, 5.41) is 2.96. The summed E-state index contributed by atoms with van der Waals surface area (Å²) in [6.07, 6.45) is 3.42. The van der Waals surface area contributed by atoms with Gasteiger partial charge in [-0.05, 0) is 53.6 Å². The van der Waals surface area contributed by atoms with E-state index >= 15 is 0 Å². The quantitative estimate of drug-likeness (QED) is 0.653. The number of benzene rings is 2. The third-order valence-corrected chi connectivity index (χ3v) is 3.46. The van der Waals surface area contributed by atoms with Gasteiger partial charge >= 0.3 is 0 Å². The number of rotatable bonds is 2. The molecule has 0 heteroatoms. The lowest BCUT2D eigenvalue weighted by Gasteiger charge is -2.08. The van der Waals surface area contributed by atoms with Crippen molar-refractivity contribution in [2.75, 3.05) is 0 Å². The largest absolute Gasteiger partial charge is 0.0998 e. The van der Waals surface area contributed by atoms with E-state index < -0.39 is 0 Å². The van der Waals surface area contributed by atoms with Crippen LogP contribution in [0.1, 0.15) is 23.6 Å². The smallest absolute Gasteiger partial charge is 0.00664 e. The summed E-state index contributed by atoms with van der Waals surface area (Å²) in [4.78, 5) is 0. The summed E-state index contributed by atoms with van der Waals surface area (Å²) in [6, 6.07) is 11.3. The van der Waals surface area contributed by atoms with E-state index in [1.165, 1.54) is 45.9 Å². The predicted molar refractivity (Wildman–Crippen MR) is 69.9 cm³/mol. The Hall–Kier alpha value is -1.56. The first-order valence-electron chi connectivity index (χ1n) is 5.92. The van der Waals surface area contributed by atoms with Gasteiger partial charge in [0.25, 0.3) is 0 Å². The number of aryl methyl sites for hydroxylation is 2. The highest BCUT2D eigenvalue weighted by molar-refractivity contribution is 5.93. The fourth-order valence-electron chi connectivity index (χ4n) is 2.79. The molecule has 0 radical (unpaired) electrons. The average molecular weight is 208 g/mol. The molecule has 0 aromatic heterocycles. The Labute approximate surface area is 96.6 Å². The molecule has 0 saturated carbocycles. The van der Waals surface area contributed by atoms with E-state index in [1.54, 1.807) is 0 Å². The molecule has 1 aliphatic carbocycles. The van der Waals surface area contributed by atoms with Crippen molar-refractivity contribution in [3.8, 4) is 0 Å². The average Bonchev–Trinajstić information content (AvgIpc) is 2.67. The first-order chi connectivity index (χ1) is 7.75. The van der Waals surface area contributed by atoms with Crippen LogP contribution in [0.15, 0.2) is 42.5 Å². The zero-order valence-electron chi connectivity index (χ0n) is 9.72. The molecule has 80 valence electrons. The van der Waals surface area contributed by atoms with Gasteiger partial charge in [-0.2, -0.15) is 0 Å². The van der Waals surface area contributed by atoms with Gasteiger partial charge < -0.3 is 0 Å². The van der Waals surface area contributed by atoms with Crippen LogP contribution >= 0.6 is 0 Å². The molecule has 0 aliphatic heterocycles. The highest BCUT2D eigenvalue weighted by Crippen LogP contribution is 2.33. The Morgan fingerprint density at radius 2 is 1.88 bits per heavy atom. The molecule has 2 aromatic carbocycles. The summed E-state index contributed by atoms with van der Waals surface area (Å²) in [6.45, 7) is 6.12. The number of allylic oxidation sites excluding steroid dienone is 1. The minimum absolute atomic E-state index is 1.00. The summed E-state index contributed by atoms with van der Waals surface area (Å²) in [5.41, 5.74) is 5.71. The molecule has 2 aromatic rings. The molecule has 1 aliphatic rings. The molecule has 0 N–H and O–H groups in total. The molecule has 0 fully saturated rings. The molecule has 0 amide bonds. The Morgan fingerprint density at radius 1 is 1.12 bits per heavy atom. The first-order valence-corrected chi connectivity index (χ1v) is 5.92. The molecule has 0 spiro atoms. The minimum atomic E-state index is 1.00. The monoisotopic (exact) mass is 208 g/mol. The van der Waals surface area contributed by atoms with E-state index in [-0.39, 0.29) is 0 Å². The first kappa shape index (κ1) is 9.65. The second-order valence-electron chi connectivity index (χ2n) is 4.86. The summed E-state index contributed by atoms with van der Waals surface area (Å²) < 4.78 is 0. The maximum Gasteiger partial charge on any atom is -0.00664 e. The zero-order chi connectivity index (χ0) is 11.1. The van der Waals surface area contributed by atoms with Crippen LogP contribution in [0.25, 0.3) is 10.8 Å². The highest BCUT2D eigenvalue weighted by Gasteiger charge is 2.15. The molecule has 0 saturated heterocycles. The van der Waals surface area contributed by atoms with Crippen molar-refractivity contribution in [1.29, 1.82) is 0 Å². The Bertz CT molecular complexity index is 566. The van der Waals surface area contributed by atoms with Crippen LogP contribution < -0.4 is 0 Å². The highest BCUT2D eigenvalue weighted by atomic mass is 14.2. The Morgan fingerprint density at radius 3 is 2.62 bits per heavy atom. The molecule has 0 nitrogen and oxygen atoms in total. The third kappa shape index (κ3) is 1.37.